The minimum atomic E-state index is -3.27. The maximum absolute atomic E-state index is 12.3. The summed E-state index contributed by atoms with van der Waals surface area (Å²) in [4.78, 5) is 18.0. The van der Waals surface area contributed by atoms with E-state index in [1.165, 1.54) is 4.31 Å². The first kappa shape index (κ1) is 17.2. The van der Waals surface area contributed by atoms with Gasteiger partial charge in [0.25, 0.3) is 0 Å². The zero-order valence-corrected chi connectivity index (χ0v) is 14.6. The number of amides is 1. The van der Waals surface area contributed by atoms with E-state index in [4.69, 9.17) is 4.74 Å². The molecule has 7 nitrogen and oxygen atoms in total. The van der Waals surface area contributed by atoms with Crippen LogP contribution >= 0.6 is 0 Å². The van der Waals surface area contributed by atoms with Crippen molar-refractivity contribution in [2.75, 3.05) is 25.4 Å². The van der Waals surface area contributed by atoms with E-state index in [0.717, 1.165) is 12.1 Å². The Bertz CT molecular complexity index is 680. The SMILES string of the molecule is CCCCS(=O)(=O)N1C[C@H]2OC(=O)N(CCc3ccccn3)[C@H]2C1. The first-order valence-electron chi connectivity index (χ1n) is 8.36. The molecular formula is C16H23N3O4S. The number of fused-ring (bicyclic) bond motifs is 1. The Morgan fingerprint density at radius 2 is 2.17 bits per heavy atom. The van der Waals surface area contributed by atoms with Crippen LogP contribution in [-0.2, 0) is 21.2 Å². The van der Waals surface area contributed by atoms with Crippen LogP contribution in [0.4, 0.5) is 4.79 Å². The summed E-state index contributed by atoms with van der Waals surface area (Å²) in [5.74, 6) is 0.158. The van der Waals surface area contributed by atoms with Crippen molar-refractivity contribution in [3.8, 4) is 0 Å². The molecule has 0 bridgehead atoms. The number of nitrogens with zero attached hydrogens (tertiary/aromatic N) is 3. The van der Waals surface area contributed by atoms with Crippen LogP contribution in [-0.4, -0.2) is 66.2 Å². The number of hydrogen-bond acceptors (Lipinski definition) is 5. The predicted octanol–water partition coefficient (Wildman–Crippen LogP) is 1.26. The van der Waals surface area contributed by atoms with E-state index in [-0.39, 0.29) is 30.5 Å². The zero-order valence-electron chi connectivity index (χ0n) is 13.8. The Labute approximate surface area is 142 Å². The summed E-state index contributed by atoms with van der Waals surface area (Å²) in [6.45, 7) is 3.04. The molecule has 1 aromatic heterocycles. The van der Waals surface area contributed by atoms with E-state index in [2.05, 4.69) is 4.98 Å². The van der Waals surface area contributed by atoms with Crippen LogP contribution in [0.25, 0.3) is 0 Å². The molecule has 0 spiro atoms. The van der Waals surface area contributed by atoms with Crippen molar-refractivity contribution in [3.05, 3.63) is 30.1 Å². The van der Waals surface area contributed by atoms with Gasteiger partial charge in [0.15, 0.2) is 0 Å². The lowest BCUT2D eigenvalue weighted by Gasteiger charge is -2.22. The number of carbonyl (C=O) groups excluding carboxylic acids is 1. The summed E-state index contributed by atoms with van der Waals surface area (Å²) in [7, 11) is -3.27. The van der Waals surface area contributed by atoms with Crippen LogP contribution in [0.5, 0.6) is 0 Å². The number of aromatic nitrogens is 1. The molecule has 0 aromatic carbocycles. The molecule has 0 aliphatic carbocycles. The minimum absolute atomic E-state index is 0.158. The fourth-order valence-corrected chi connectivity index (χ4v) is 4.86. The Morgan fingerprint density at radius 1 is 1.33 bits per heavy atom. The molecule has 2 fully saturated rings. The second-order valence-corrected chi connectivity index (χ2v) is 8.33. The summed E-state index contributed by atoms with van der Waals surface area (Å²) in [6.07, 6.45) is 3.12. The number of hydrogen-bond donors (Lipinski definition) is 0. The van der Waals surface area contributed by atoms with E-state index in [1.807, 2.05) is 25.1 Å². The molecule has 1 amide bonds. The number of ether oxygens (including phenoxy) is 1. The molecule has 1 aromatic rings. The Hall–Kier alpha value is -1.67. The lowest BCUT2D eigenvalue weighted by atomic mass is 10.2. The van der Waals surface area contributed by atoms with Crippen LogP contribution in [0.3, 0.4) is 0 Å². The fourth-order valence-electron chi connectivity index (χ4n) is 3.19. The Kier molecular flexibility index (Phi) is 5.05. The van der Waals surface area contributed by atoms with Crippen LogP contribution in [0, 0.1) is 0 Å². The molecule has 8 heteroatoms. The molecule has 2 aliphatic rings. The molecule has 0 radical (unpaired) electrons. The summed E-state index contributed by atoms with van der Waals surface area (Å²) >= 11 is 0. The molecule has 3 heterocycles. The van der Waals surface area contributed by atoms with E-state index >= 15 is 0 Å². The molecule has 0 unspecified atom stereocenters. The fraction of sp³-hybridized carbons (Fsp3) is 0.625. The van der Waals surface area contributed by atoms with Crippen LogP contribution in [0.2, 0.25) is 0 Å². The zero-order chi connectivity index (χ0) is 17.2. The van der Waals surface area contributed by atoms with Gasteiger partial charge < -0.3 is 4.74 Å². The minimum Gasteiger partial charge on any atom is -0.442 e. The lowest BCUT2D eigenvalue weighted by molar-refractivity contribution is 0.129. The highest BCUT2D eigenvalue weighted by molar-refractivity contribution is 7.89. The number of rotatable bonds is 7. The van der Waals surface area contributed by atoms with Crippen LogP contribution in [0.1, 0.15) is 25.5 Å². The largest absolute Gasteiger partial charge is 0.442 e. The summed E-state index contributed by atoms with van der Waals surface area (Å²) in [6, 6.07) is 5.47. The third-order valence-electron chi connectivity index (χ3n) is 4.57. The van der Waals surface area contributed by atoms with Crippen molar-refractivity contribution in [2.24, 2.45) is 0 Å². The van der Waals surface area contributed by atoms with Gasteiger partial charge in [-0.1, -0.05) is 19.4 Å². The number of sulfonamides is 1. The Balaban J connectivity index is 1.63. The maximum Gasteiger partial charge on any atom is 0.410 e. The van der Waals surface area contributed by atoms with Crippen molar-refractivity contribution in [2.45, 2.75) is 38.3 Å². The second kappa shape index (κ2) is 7.06. The van der Waals surface area contributed by atoms with Gasteiger partial charge >= 0.3 is 6.09 Å². The smallest absolute Gasteiger partial charge is 0.410 e. The highest BCUT2D eigenvalue weighted by Gasteiger charge is 2.50. The molecular weight excluding hydrogens is 330 g/mol. The van der Waals surface area contributed by atoms with Gasteiger partial charge in [0.05, 0.1) is 18.3 Å². The standard InChI is InChI=1S/C16H23N3O4S/c1-2-3-10-24(21,22)18-11-14-15(12-18)23-16(20)19(14)9-7-13-6-4-5-8-17-13/h4-6,8,14-15H,2-3,7,9-12H2,1H3/t14-,15+/m0/s1. The third kappa shape index (κ3) is 3.54. The molecule has 132 valence electrons. The quantitative estimate of drug-likeness (QED) is 0.737. The Morgan fingerprint density at radius 3 is 2.88 bits per heavy atom. The van der Waals surface area contributed by atoms with Crippen molar-refractivity contribution in [3.63, 3.8) is 0 Å². The molecule has 2 saturated heterocycles. The summed E-state index contributed by atoms with van der Waals surface area (Å²) < 4.78 is 31.5. The van der Waals surface area contributed by atoms with Crippen LogP contribution < -0.4 is 0 Å². The average molecular weight is 353 g/mol. The van der Waals surface area contributed by atoms with Gasteiger partial charge in [0.2, 0.25) is 10.0 Å². The van der Waals surface area contributed by atoms with Gasteiger partial charge in [-0.25, -0.2) is 13.2 Å². The van der Waals surface area contributed by atoms with E-state index in [0.29, 0.717) is 25.9 Å². The van der Waals surface area contributed by atoms with Crippen molar-refractivity contribution >= 4 is 16.1 Å². The predicted molar refractivity (Wildman–Crippen MR) is 89.0 cm³/mol. The van der Waals surface area contributed by atoms with Crippen molar-refractivity contribution < 1.29 is 17.9 Å². The van der Waals surface area contributed by atoms with Crippen LogP contribution in [0.15, 0.2) is 24.4 Å². The number of pyridine rings is 1. The molecule has 24 heavy (non-hydrogen) atoms. The van der Waals surface area contributed by atoms with E-state index in [1.54, 1.807) is 11.1 Å². The van der Waals surface area contributed by atoms with Gasteiger partial charge in [-0.2, -0.15) is 4.31 Å². The first-order chi connectivity index (χ1) is 11.5. The van der Waals surface area contributed by atoms with E-state index in [9.17, 15) is 13.2 Å². The molecule has 0 N–H and O–H groups in total. The third-order valence-corrected chi connectivity index (χ3v) is 6.46. The molecule has 2 atom stereocenters. The summed E-state index contributed by atoms with van der Waals surface area (Å²) in [5.41, 5.74) is 0.902. The van der Waals surface area contributed by atoms with E-state index < -0.39 is 10.0 Å². The van der Waals surface area contributed by atoms with Crippen molar-refractivity contribution in [1.29, 1.82) is 0 Å². The number of unbranched alkanes of at least 4 members (excludes halogenated alkanes) is 1. The molecule has 0 saturated carbocycles. The normalized spacial score (nSPS) is 24.2. The highest BCUT2D eigenvalue weighted by Crippen LogP contribution is 2.29. The topological polar surface area (TPSA) is 79.8 Å². The van der Waals surface area contributed by atoms with Gasteiger partial charge in [0, 0.05) is 31.4 Å². The lowest BCUT2D eigenvalue weighted by Crippen LogP contribution is -2.40. The van der Waals surface area contributed by atoms with Gasteiger partial charge in [-0.3, -0.25) is 9.88 Å². The van der Waals surface area contributed by atoms with Gasteiger partial charge in [-0.15, -0.1) is 0 Å². The number of carbonyl (C=O) groups is 1. The molecule has 3 rings (SSSR count). The second-order valence-electron chi connectivity index (χ2n) is 6.24. The monoisotopic (exact) mass is 353 g/mol. The first-order valence-corrected chi connectivity index (χ1v) is 9.97. The summed E-state index contributed by atoms with van der Waals surface area (Å²) in [5, 5.41) is 0. The highest BCUT2D eigenvalue weighted by atomic mass is 32.2. The van der Waals surface area contributed by atoms with Gasteiger partial charge in [-0.05, 0) is 18.6 Å². The average Bonchev–Trinajstić information content (AvgIpc) is 3.10. The van der Waals surface area contributed by atoms with Gasteiger partial charge in [0.1, 0.15) is 6.10 Å². The van der Waals surface area contributed by atoms with Crippen molar-refractivity contribution in [1.82, 2.24) is 14.2 Å². The molecule has 2 aliphatic heterocycles. The maximum atomic E-state index is 12.3.